The van der Waals surface area contributed by atoms with Gasteiger partial charge in [-0.1, -0.05) is 17.7 Å². The summed E-state index contributed by atoms with van der Waals surface area (Å²) in [7, 11) is 2.33. The van der Waals surface area contributed by atoms with Crippen molar-refractivity contribution in [3.8, 4) is 0 Å². The van der Waals surface area contributed by atoms with Crippen LogP contribution in [0.4, 0.5) is 5.69 Å². The second-order valence-corrected chi connectivity index (χ2v) is 3.93. The van der Waals surface area contributed by atoms with Gasteiger partial charge in [0.05, 0.1) is 26.1 Å². The summed E-state index contributed by atoms with van der Waals surface area (Å²) in [5.41, 5.74) is 4.38. The highest BCUT2D eigenvalue weighted by atomic mass is 35.5. The molecule has 0 unspecified atom stereocenters. The largest absolute Gasteiger partial charge is 0.466 e. The van der Waals surface area contributed by atoms with Crippen molar-refractivity contribution in [1.82, 2.24) is 9.78 Å². The molecule has 0 saturated carbocycles. The van der Waals surface area contributed by atoms with Gasteiger partial charge in [0.25, 0.3) is 5.56 Å². The van der Waals surface area contributed by atoms with Crippen molar-refractivity contribution in [2.45, 2.75) is 0 Å². The van der Waals surface area contributed by atoms with Crippen LogP contribution < -0.4 is 11.3 Å². The van der Waals surface area contributed by atoms with Crippen LogP contribution in [0.3, 0.4) is 0 Å². The third-order valence-corrected chi connectivity index (χ3v) is 2.64. The Labute approximate surface area is 124 Å². The minimum absolute atomic E-state index is 0.0211. The quantitative estimate of drug-likeness (QED) is 0.480. The predicted molar refractivity (Wildman–Crippen MR) is 75.4 cm³/mol. The van der Waals surface area contributed by atoms with E-state index < -0.39 is 17.5 Å². The minimum Gasteiger partial charge on any atom is -0.466 e. The third kappa shape index (κ3) is 3.93. The number of nitrogen functional groups attached to an aromatic ring is 1. The molecule has 0 amide bonds. The van der Waals surface area contributed by atoms with Crippen LogP contribution in [-0.4, -0.2) is 35.9 Å². The molecule has 1 aromatic heterocycles. The van der Waals surface area contributed by atoms with Gasteiger partial charge in [-0.3, -0.25) is 4.79 Å². The summed E-state index contributed by atoms with van der Waals surface area (Å²) in [4.78, 5) is 34.6. The summed E-state index contributed by atoms with van der Waals surface area (Å²) < 4.78 is 9.65. The molecule has 0 radical (unpaired) electrons. The Morgan fingerprint density at radius 3 is 2.62 bits per heavy atom. The summed E-state index contributed by atoms with van der Waals surface area (Å²) >= 11 is 5.71. The van der Waals surface area contributed by atoms with Gasteiger partial charge in [0.1, 0.15) is 5.02 Å². The summed E-state index contributed by atoms with van der Waals surface area (Å²) in [6, 6.07) is 0. The van der Waals surface area contributed by atoms with E-state index in [0.717, 1.165) is 25.5 Å². The topological polar surface area (TPSA) is 114 Å². The van der Waals surface area contributed by atoms with Crippen molar-refractivity contribution >= 4 is 34.9 Å². The molecule has 8 nitrogen and oxygen atoms in total. The minimum atomic E-state index is -0.847. The smallest absolute Gasteiger partial charge is 0.356 e. The number of nitrogens with zero attached hydrogens (tertiary/aromatic N) is 2. The van der Waals surface area contributed by atoms with E-state index in [-0.39, 0.29) is 16.4 Å². The second kappa shape index (κ2) is 7.25. The maximum Gasteiger partial charge on any atom is 0.356 e. The van der Waals surface area contributed by atoms with Crippen LogP contribution in [-0.2, 0) is 19.1 Å². The number of hydrogen-bond donors (Lipinski definition) is 1. The number of allylic oxidation sites excluding steroid dienone is 2. The number of esters is 2. The zero-order valence-corrected chi connectivity index (χ0v) is 12.0. The van der Waals surface area contributed by atoms with E-state index in [1.54, 1.807) is 0 Å². The van der Waals surface area contributed by atoms with Gasteiger partial charge in [-0.25, -0.2) is 9.59 Å². The van der Waals surface area contributed by atoms with E-state index in [4.69, 9.17) is 17.3 Å². The van der Waals surface area contributed by atoms with Gasteiger partial charge in [-0.05, 0) is 6.08 Å². The molecule has 0 bridgehead atoms. The zero-order chi connectivity index (χ0) is 16.0. The van der Waals surface area contributed by atoms with Gasteiger partial charge < -0.3 is 15.2 Å². The summed E-state index contributed by atoms with van der Waals surface area (Å²) in [6.45, 7) is 0. The monoisotopic (exact) mass is 313 g/mol. The average molecular weight is 314 g/mol. The molecule has 0 aliphatic carbocycles. The van der Waals surface area contributed by atoms with E-state index in [0.29, 0.717) is 4.68 Å². The van der Waals surface area contributed by atoms with Gasteiger partial charge in [0.15, 0.2) is 5.70 Å². The molecule has 1 rings (SSSR count). The molecule has 0 spiro atoms. The van der Waals surface area contributed by atoms with Gasteiger partial charge in [-0.2, -0.15) is 9.78 Å². The fourth-order valence-electron chi connectivity index (χ4n) is 1.23. The van der Waals surface area contributed by atoms with Crippen LogP contribution in [0.15, 0.2) is 29.2 Å². The summed E-state index contributed by atoms with van der Waals surface area (Å²) in [6.07, 6.45) is 4.53. The Morgan fingerprint density at radius 1 is 1.38 bits per heavy atom. The lowest BCUT2D eigenvalue weighted by molar-refractivity contribution is -0.135. The van der Waals surface area contributed by atoms with Crippen molar-refractivity contribution in [2.75, 3.05) is 20.0 Å². The Morgan fingerprint density at radius 2 is 2.05 bits per heavy atom. The molecule has 21 heavy (non-hydrogen) atoms. The number of hydrogen-bond acceptors (Lipinski definition) is 7. The Kier molecular flexibility index (Phi) is 5.67. The first kappa shape index (κ1) is 16.4. The first-order valence-corrected chi connectivity index (χ1v) is 5.88. The maximum absolute atomic E-state index is 11.9. The highest BCUT2D eigenvalue weighted by Gasteiger charge is 2.17. The first-order valence-electron chi connectivity index (χ1n) is 5.50. The van der Waals surface area contributed by atoms with Crippen LogP contribution in [0.1, 0.15) is 0 Å². The van der Waals surface area contributed by atoms with Gasteiger partial charge in [0, 0.05) is 6.08 Å². The molecule has 1 heterocycles. The molecular formula is C12H12ClN3O5. The van der Waals surface area contributed by atoms with Crippen LogP contribution in [0, 0.1) is 0 Å². The third-order valence-electron chi connectivity index (χ3n) is 2.26. The van der Waals surface area contributed by atoms with Crippen molar-refractivity contribution in [3.05, 3.63) is 39.8 Å². The predicted octanol–water partition coefficient (Wildman–Crippen LogP) is 0.222. The zero-order valence-electron chi connectivity index (χ0n) is 11.2. The molecule has 2 N–H and O–H groups in total. The molecular weight excluding hydrogens is 302 g/mol. The molecule has 0 aliphatic heterocycles. The number of aromatic nitrogens is 2. The van der Waals surface area contributed by atoms with Crippen molar-refractivity contribution in [2.24, 2.45) is 0 Å². The van der Waals surface area contributed by atoms with E-state index >= 15 is 0 Å². The molecule has 0 saturated heterocycles. The first-order chi connectivity index (χ1) is 9.92. The normalized spacial score (nSPS) is 11.5. The van der Waals surface area contributed by atoms with Crippen LogP contribution in [0.5, 0.6) is 0 Å². The lowest BCUT2D eigenvalue weighted by Gasteiger charge is -2.07. The summed E-state index contributed by atoms with van der Waals surface area (Å²) in [5.74, 6) is -1.48. The van der Waals surface area contributed by atoms with Crippen molar-refractivity contribution < 1.29 is 19.1 Å². The van der Waals surface area contributed by atoms with Gasteiger partial charge in [-0.15, -0.1) is 0 Å². The number of nitrogens with two attached hydrogens (primary N) is 1. The standard InChI is InChI=1S/C12H12ClN3O5/c1-20-9(17)5-3-4-8(12(19)21-2)16-11(18)10(13)7(14)6-15-16/h3-6H,14H2,1-2H3/b5-3+,8-4-. The second-order valence-electron chi connectivity index (χ2n) is 3.56. The Hall–Kier alpha value is -2.61. The molecule has 9 heteroatoms. The number of carbonyl (C=O) groups is 2. The van der Waals surface area contributed by atoms with E-state index in [1.807, 2.05) is 0 Å². The molecule has 0 aliphatic rings. The number of methoxy groups -OCH3 is 2. The van der Waals surface area contributed by atoms with Crippen LogP contribution in [0.2, 0.25) is 5.02 Å². The summed E-state index contributed by atoms with van der Waals surface area (Å²) in [5, 5.41) is 3.42. The van der Waals surface area contributed by atoms with E-state index in [1.165, 1.54) is 13.2 Å². The number of carbonyl (C=O) groups excluding carboxylic acids is 2. The molecule has 0 aromatic carbocycles. The lowest BCUT2D eigenvalue weighted by atomic mass is 10.3. The molecule has 0 atom stereocenters. The number of halogens is 1. The highest BCUT2D eigenvalue weighted by molar-refractivity contribution is 6.32. The van der Waals surface area contributed by atoms with Crippen LogP contribution in [0.25, 0.3) is 5.70 Å². The maximum atomic E-state index is 11.9. The van der Waals surface area contributed by atoms with Crippen molar-refractivity contribution in [1.29, 1.82) is 0 Å². The fourth-order valence-corrected chi connectivity index (χ4v) is 1.36. The van der Waals surface area contributed by atoms with E-state index in [9.17, 15) is 14.4 Å². The SMILES string of the molecule is COC(=O)/C=C/C=C(/C(=O)OC)n1ncc(N)c(Cl)c1=O. The average Bonchev–Trinajstić information content (AvgIpc) is 2.49. The number of anilines is 1. The lowest BCUT2D eigenvalue weighted by Crippen LogP contribution is -2.27. The van der Waals surface area contributed by atoms with Crippen molar-refractivity contribution in [3.63, 3.8) is 0 Å². The number of rotatable bonds is 4. The fraction of sp³-hybridized carbons (Fsp3) is 0.167. The molecule has 0 fully saturated rings. The Bertz CT molecular complexity index is 678. The van der Waals surface area contributed by atoms with E-state index in [2.05, 4.69) is 14.6 Å². The highest BCUT2D eigenvalue weighted by Crippen LogP contribution is 2.12. The van der Waals surface area contributed by atoms with Gasteiger partial charge >= 0.3 is 11.9 Å². The van der Waals surface area contributed by atoms with Gasteiger partial charge in [0.2, 0.25) is 0 Å². The Balaban J connectivity index is 3.34. The van der Waals surface area contributed by atoms with Crippen LogP contribution >= 0.6 is 11.6 Å². The molecule has 1 aromatic rings. The number of ether oxygens (including phenoxy) is 2. The molecule has 112 valence electrons.